The second-order valence-corrected chi connectivity index (χ2v) is 4.41. The van der Waals surface area contributed by atoms with Crippen molar-refractivity contribution in [2.24, 2.45) is 4.99 Å². The van der Waals surface area contributed by atoms with E-state index in [-0.39, 0.29) is 5.75 Å². The van der Waals surface area contributed by atoms with Gasteiger partial charge in [-0.15, -0.1) is 0 Å². The van der Waals surface area contributed by atoms with Crippen molar-refractivity contribution in [3.63, 3.8) is 0 Å². The number of rotatable bonds is 3. The Morgan fingerprint density at radius 2 is 1.95 bits per heavy atom. The molecule has 0 aromatic heterocycles. The predicted molar refractivity (Wildman–Crippen MR) is 77.8 cm³/mol. The van der Waals surface area contributed by atoms with Crippen LogP contribution in [0.3, 0.4) is 0 Å². The molecule has 3 heteroatoms. The number of phenols is 1. The van der Waals surface area contributed by atoms with Gasteiger partial charge in [0, 0.05) is 6.21 Å². The van der Waals surface area contributed by atoms with Gasteiger partial charge >= 0.3 is 0 Å². The molecule has 0 amide bonds. The Balaban J connectivity index is 2.30. The molecule has 2 rings (SSSR count). The second-order valence-electron chi connectivity index (χ2n) is 4.41. The van der Waals surface area contributed by atoms with Gasteiger partial charge in [0.05, 0.1) is 12.8 Å². The van der Waals surface area contributed by atoms with E-state index in [1.54, 1.807) is 24.4 Å². The summed E-state index contributed by atoms with van der Waals surface area (Å²) in [6.07, 6.45) is 1.77. The molecule has 0 unspecified atom stereocenters. The number of aliphatic imine (C=N–C) groups is 1. The Labute approximate surface area is 113 Å². The lowest BCUT2D eigenvalue weighted by Crippen LogP contribution is -1.87. The average Bonchev–Trinajstić information content (AvgIpc) is 2.42. The molecule has 0 radical (unpaired) electrons. The van der Waals surface area contributed by atoms with E-state index < -0.39 is 0 Å². The van der Waals surface area contributed by atoms with Crippen molar-refractivity contribution >= 4 is 11.9 Å². The highest BCUT2D eigenvalue weighted by Crippen LogP contribution is 2.26. The van der Waals surface area contributed by atoms with Crippen LogP contribution in [-0.2, 0) is 0 Å². The topological polar surface area (TPSA) is 41.8 Å². The van der Waals surface area contributed by atoms with Gasteiger partial charge in [-0.25, -0.2) is 0 Å². The molecule has 0 atom stereocenters. The second kappa shape index (κ2) is 5.57. The number of hydrogen-bond acceptors (Lipinski definition) is 3. The maximum absolute atomic E-state index is 9.53. The number of ether oxygens (including phenoxy) is 1. The lowest BCUT2D eigenvalue weighted by molar-refractivity contribution is 0.373. The quantitative estimate of drug-likeness (QED) is 0.848. The van der Waals surface area contributed by atoms with Crippen molar-refractivity contribution in [1.82, 2.24) is 0 Å². The summed E-state index contributed by atoms with van der Waals surface area (Å²) in [5.74, 6) is 0.580. The molecular formula is C16H17NO2. The first kappa shape index (κ1) is 13.1. The van der Waals surface area contributed by atoms with E-state index >= 15 is 0 Å². The summed E-state index contributed by atoms with van der Waals surface area (Å²) in [6, 6.07) is 11.2. The molecule has 0 aliphatic heterocycles. The van der Waals surface area contributed by atoms with Crippen molar-refractivity contribution in [3.05, 3.63) is 53.1 Å². The van der Waals surface area contributed by atoms with Crippen molar-refractivity contribution in [2.75, 3.05) is 7.11 Å². The maximum Gasteiger partial charge on any atom is 0.161 e. The van der Waals surface area contributed by atoms with E-state index in [4.69, 9.17) is 4.74 Å². The van der Waals surface area contributed by atoms with Gasteiger partial charge in [0.1, 0.15) is 0 Å². The summed E-state index contributed by atoms with van der Waals surface area (Å²) in [6.45, 7) is 4.12. The molecule has 0 fully saturated rings. The molecule has 0 bridgehead atoms. The predicted octanol–water partition coefficient (Wildman–Crippen LogP) is 3.77. The summed E-state index contributed by atoms with van der Waals surface area (Å²) in [5, 5.41) is 9.53. The molecule has 0 heterocycles. The Bertz CT molecular complexity index is 618. The number of benzene rings is 2. The third kappa shape index (κ3) is 2.94. The van der Waals surface area contributed by atoms with Gasteiger partial charge in [0.15, 0.2) is 11.5 Å². The number of aromatic hydroxyl groups is 1. The average molecular weight is 255 g/mol. The highest BCUT2D eigenvalue weighted by molar-refractivity contribution is 5.83. The fraction of sp³-hybridized carbons (Fsp3) is 0.188. The Kier molecular flexibility index (Phi) is 3.85. The van der Waals surface area contributed by atoms with Crippen LogP contribution in [-0.4, -0.2) is 18.4 Å². The van der Waals surface area contributed by atoms with Crippen molar-refractivity contribution in [1.29, 1.82) is 0 Å². The zero-order valence-electron chi connectivity index (χ0n) is 11.3. The monoisotopic (exact) mass is 255 g/mol. The number of nitrogens with zero attached hydrogens (tertiary/aromatic N) is 1. The van der Waals surface area contributed by atoms with E-state index in [1.165, 1.54) is 18.2 Å². The molecule has 0 aliphatic carbocycles. The van der Waals surface area contributed by atoms with E-state index in [1.807, 2.05) is 12.1 Å². The third-order valence-corrected chi connectivity index (χ3v) is 3.13. The van der Waals surface area contributed by atoms with E-state index in [9.17, 15) is 5.11 Å². The highest BCUT2D eigenvalue weighted by Gasteiger charge is 2.01. The molecule has 2 aromatic carbocycles. The first-order chi connectivity index (χ1) is 9.11. The summed E-state index contributed by atoms with van der Waals surface area (Å²) >= 11 is 0. The van der Waals surface area contributed by atoms with Gasteiger partial charge in [-0.05, 0) is 54.8 Å². The summed E-state index contributed by atoms with van der Waals surface area (Å²) in [7, 11) is 1.53. The molecule has 19 heavy (non-hydrogen) atoms. The van der Waals surface area contributed by atoms with Crippen LogP contribution in [0.5, 0.6) is 11.5 Å². The Morgan fingerprint density at radius 3 is 2.68 bits per heavy atom. The van der Waals surface area contributed by atoms with Crippen LogP contribution in [0, 0.1) is 13.8 Å². The van der Waals surface area contributed by atoms with Crippen molar-refractivity contribution < 1.29 is 9.84 Å². The first-order valence-electron chi connectivity index (χ1n) is 6.09. The van der Waals surface area contributed by atoms with Gasteiger partial charge < -0.3 is 9.84 Å². The van der Waals surface area contributed by atoms with E-state index in [2.05, 4.69) is 24.9 Å². The fourth-order valence-electron chi connectivity index (χ4n) is 1.79. The standard InChI is InChI=1S/C16H17NO2/c1-11-5-4-6-14(12(11)2)17-10-13-7-8-15(18)16(9-13)19-3/h4-10,18H,1-3H3. The molecule has 0 saturated heterocycles. The molecule has 3 nitrogen and oxygen atoms in total. The molecule has 1 N–H and O–H groups in total. The zero-order chi connectivity index (χ0) is 13.8. The summed E-state index contributed by atoms with van der Waals surface area (Å²) in [5.41, 5.74) is 4.23. The molecule has 0 aliphatic rings. The fourth-order valence-corrected chi connectivity index (χ4v) is 1.79. The maximum atomic E-state index is 9.53. The van der Waals surface area contributed by atoms with Gasteiger partial charge in [-0.3, -0.25) is 4.99 Å². The SMILES string of the molecule is COc1cc(C=Nc2cccc(C)c2C)ccc1O. The van der Waals surface area contributed by atoms with Crippen molar-refractivity contribution in [3.8, 4) is 11.5 Å². The number of methoxy groups -OCH3 is 1. The smallest absolute Gasteiger partial charge is 0.161 e. The molecule has 0 saturated carbocycles. The minimum absolute atomic E-state index is 0.131. The number of phenolic OH excluding ortho intramolecular Hbond substituents is 1. The van der Waals surface area contributed by atoms with Crippen LogP contribution >= 0.6 is 0 Å². The lowest BCUT2D eigenvalue weighted by Gasteiger charge is -2.05. The van der Waals surface area contributed by atoms with Crippen LogP contribution in [0.25, 0.3) is 0 Å². The highest BCUT2D eigenvalue weighted by atomic mass is 16.5. The van der Waals surface area contributed by atoms with Crippen LogP contribution in [0.15, 0.2) is 41.4 Å². The summed E-state index contributed by atoms with van der Waals surface area (Å²) < 4.78 is 5.07. The van der Waals surface area contributed by atoms with E-state index in [0.29, 0.717) is 5.75 Å². The Hall–Kier alpha value is -2.29. The number of aryl methyl sites for hydroxylation is 1. The normalized spacial score (nSPS) is 10.9. The number of hydrogen-bond donors (Lipinski definition) is 1. The van der Waals surface area contributed by atoms with E-state index in [0.717, 1.165) is 11.3 Å². The van der Waals surface area contributed by atoms with Gasteiger partial charge in [0.2, 0.25) is 0 Å². The molecule has 2 aromatic rings. The lowest BCUT2D eigenvalue weighted by atomic mass is 10.1. The van der Waals surface area contributed by atoms with Gasteiger partial charge in [-0.2, -0.15) is 0 Å². The van der Waals surface area contributed by atoms with Gasteiger partial charge in [0.25, 0.3) is 0 Å². The molecular weight excluding hydrogens is 238 g/mol. The third-order valence-electron chi connectivity index (χ3n) is 3.13. The molecule has 98 valence electrons. The largest absolute Gasteiger partial charge is 0.504 e. The zero-order valence-corrected chi connectivity index (χ0v) is 11.3. The van der Waals surface area contributed by atoms with Crippen LogP contribution < -0.4 is 4.74 Å². The minimum Gasteiger partial charge on any atom is -0.504 e. The van der Waals surface area contributed by atoms with Crippen LogP contribution in [0.1, 0.15) is 16.7 Å². The van der Waals surface area contributed by atoms with Crippen LogP contribution in [0.2, 0.25) is 0 Å². The van der Waals surface area contributed by atoms with Crippen molar-refractivity contribution in [2.45, 2.75) is 13.8 Å². The Morgan fingerprint density at radius 1 is 1.16 bits per heavy atom. The first-order valence-corrected chi connectivity index (χ1v) is 6.09. The van der Waals surface area contributed by atoms with Crippen LogP contribution in [0.4, 0.5) is 5.69 Å². The van der Waals surface area contributed by atoms with Gasteiger partial charge in [-0.1, -0.05) is 12.1 Å². The molecule has 0 spiro atoms. The summed E-state index contributed by atoms with van der Waals surface area (Å²) in [4.78, 5) is 4.48. The minimum atomic E-state index is 0.131.